The van der Waals surface area contributed by atoms with E-state index in [1.54, 1.807) is 0 Å². The Kier molecular flexibility index (Phi) is 8.20. The molecule has 0 bridgehead atoms. The first-order valence-electron chi connectivity index (χ1n) is 5.05. The zero-order chi connectivity index (χ0) is 14.0. The predicted octanol–water partition coefficient (Wildman–Crippen LogP) is -0.130. The van der Waals surface area contributed by atoms with Gasteiger partial charge in [0.2, 0.25) is 0 Å². The standard InChI is InChI=1S/C6H6N2O3.C4H10O3/c7-5-2-1-4(9)3-6(5)8(10)11;5-1-3-7-4-2-6/h1-3,9H,7H2;5-6H,1-4H2. The third-order valence-corrected chi connectivity index (χ3v) is 1.68. The van der Waals surface area contributed by atoms with Crippen LogP contribution >= 0.6 is 0 Å². The van der Waals surface area contributed by atoms with E-state index in [1.807, 2.05) is 0 Å². The number of benzene rings is 1. The van der Waals surface area contributed by atoms with Gasteiger partial charge in [-0.15, -0.1) is 0 Å². The van der Waals surface area contributed by atoms with E-state index >= 15 is 0 Å². The molecule has 0 heterocycles. The molecule has 0 aromatic heterocycles. The molecule has 18 heavy (non-hydrogen) atoms. The van der Waals surface area contributed by atoms with Crippen molar-refractivity contribution in [3.8, 4) is 5.75 Å². The molecule has 8 nitrogen and oxygen atoms in total. The van der Waals surface area contributed by atoms with Crippen molar-refractivity contribution in [3.63, 3.8) is 0 Å². The summed E-state index contributed by atoms with van der Waals surface area (Å²) in [5.74, 6) is -0.161. The molecule has 0 unspecified atom stereocenters. The van der Waals surface area contributed by atoms with Crippen molar-refractivity contribution in [2.45, 2.75) is 0 Å². The number of nitro groups is 1. The number of aliphatic hydroxyl groups is 2. The summed E-state index contributed by atoms with van der Waals surface area (Å²) in [5.41, 5.74) is 5.01. The van der Waals surface area contributed by atoms with Crippen LogP contribution in [0.25, 0.3) is 0 Å². The first-order chi connectivity index (χ1) is 8.52. The van der Waals surface area contributed by atoms with Crippen LogP contribution in [0.15, 0.2) is 18.2 Å². The summed E-state index contributed by atoms with van der Waals surface area (Å²) in [4.78, 5) is 9.54. The zero-order valence-electron chi connectivity index (χ0n) is 9.65. The molecule has 1 aromatic rings. The number of hydrogen-bond donors (Lipinski definition) is 4. The first-order valence-corrected chi connectivity index (χ1v) is 5.05. The summed E-state index contributed by atoms with van der Waals surface area (Å²) in [6.07, 6.45) is 0. The molecule has 8 heteroatoms. The van der Waals surface area contributed by atoms with Gasteiger partial charge in [0, 0.05) is 0 Å². The number of nitro benzene ring substituents is 1. The van der Waals surface area contributed by atoms with E-state index in [0.29, 0.717) is 13.2 Å². The molecule has 5 N–H and O–H groups in total. The summed E-state index contributed by atoms with van der Waals surface area (Å²) < 4.78 is 4.63. The van der Waals surface area contributed by atoms with E-state index in [9.17, 15) is 10.1 Å². The van der Waals surface area contributed by atoms with Crippen LogP contribution in [-0.4, -0.2) is 46.7 Å². The van der Waals surface area contributed by atoms with E-state index in [4.69, 9.17) is 21.1 Å². The van der Waals surface area contributed by atoms with Gasteiger partial charge in [-0.1, -0.05) is 0 Å². The molecule has 0 amide bonds. The Labute approximate surface area is 103 Å². The third kappa shape index (κ3) is 6.63. The lowest BCUT2D eigenvalue weighted by molar-refractivity contribution is -0.384. The first kappa shape index (κ1) is 16.1. The molecular formula is C10H16N2O6. The smallest absolute Gasteiger partial charge is 0.295 e. The van der Waals surface area contributed by atoms with Crippen molar-refractivity contribution in [2.75, 3.05) is 32.2 Å². The van der Waals surface area contributed by atoms with Crippen molar-refractivity contribution in [1.82, 2.24) is 0 Å². The fraction of sp³-hybridized carbons (Fsp3) is 0.400. The van der Waals surface area contributed by atoms with Gasteiger partial charge in [0.05, 0.1) is 37.4 Å². The summed E-state index contributed by atoms with van der Waals surface area (Å²) >= 11 is 0. The molecule has 0 saturated carbocycles. The maximum Gasteiger partial charge on any atom is 0.295 e. The number of hydrogen-bond acceptors (Lipinski definition) is 7. The lowest BCUT2D eigenvalue weighted by Crippen LogP contribution is -2.03. The van der Waals surface area contributed by atoms with Gasteiger partial charge in [-0.25, -0.2) is 0 Å². The minimum absolute atomic E-state index is 0.0278. The number of nitrogens with zero attached hydrogens (tertiary/aromatic N) is 1. The molecule has 0 radical (unpaired) electrons. The summed E-state index contributed by atoms with van der Waals surface area (Å²) in [6, 6.07) is 3.59. The Balaban J connectivity index is 0.000000360. The zero-order valence-corrected chi connectivity index (χ0v) is 9.65. The second kappa shape index (κ2) is 9.16. The Hall–Kier alpha value is -1.90. The Bertz CT molecular complexity index is 367. The largest absolute Gasteiger partial charge is 0.508 e. The number of ether oxygens (including phenoxy) is 1. The fourth-order valence-electron chi connectivity index (χ4n) is 0.921. The summed E-state index contributed by atoms with van der Waals surface area (Å²) in [7, 11) is 0. The average Bonchev–Trinajstić information content (AvgIpc) is 2.33. The van der Waals surface area contributed by atoms with Crippen molar-refractivity contribution < 1.29 is 25.0 Å². The highest BCUT2D eigenvalue weighted by Crippen LogP contribution is 2.24. The number of rotatable bonds is 5. The SMILES string of the molecule is Nc1ccc(O)cc1[N+](=O)[O-].OCCOCCO. The second-order valence-corrected chi connectivity index (χ2v) is 3.06. The van der Waals surface area contributed by atoms with Gasteiger partial charge in [0.1, 0.15) is 11.4 Å². The molecule has 0 fully saturated rings. The van der Waals surface area contributed by atoms with E-state index < -0.39 is 4.92 Å². The summed E-state index contributed by atoms with van der Waals surface area (Å²) in [6.45, 7) is 0.696. The highest BCUT2D eigenvalue weighted by atomic mass is 16.6. The van der Waals surface area contributed by atoms with Crippen molar-refractivity contribution in [2.24, 2.45) is 0 Å². The molecule has 0 aliphatic heterocycles. The maximum absolute atomic E-state index is 10.2. The minimum Gasteiger partial charge on any atom is -0.508 e. The van der Waals surface area contributed by atoms with E-state index in [-0.39, 0.29) is 30.3 Å². The maximum atomic E-state index is 10.2. The van der Waals surface area contributed by atoms with Crippen LogP contribution in [-0.2, 0) is 4.74 Å². The normalized spacial score (nSPS) is 9.44. The average molecular weight is 260 g/mol. The van der Waals surface area contributed by atoms with Crippen LogP contribution in [0.1, 0.15) is 0 Å². The van der Waals surface area contributed by atoms with E-state index in [2.05, 4.69) is 4.74 Å². The van der Waals surface area contributed by atoms with Crippen LogP contribution < -0.4 is 5.73 Å². The topological polar surface area (TPSA) is 139 Å². The molecule has 0 atom stereocenters. The number of phenols is 1. The molecule has 0 aliphatic carbocycles. The molecule has 1 rings (SSSR count). The van der Waals surface area contributed by atoms with Crippen LogP contribution in [0, 0.1) is 10.1 Å². The van der Waals surface area contributed by atoms with Crippen LogP contribution in [0.5, 0.6) is 5.75 Å². The molecule has 102 valence electrons. The Morgan fingerprint density at radius 2 is 1.83 bits per heavy atom. The number of anilines is 1. The minimum atomic E-state index is -0.644. The van der Waals surface area contributed by atoms with Gasteiger partial charge in [-0.2, -0.15) is 0 Å². The Morgan fingerprint density at radius 3 is 2.22 bits per heavy atom. The van der Waals surface area contributed by atoms with Crippen LogP contribution in [0.3, 0.4) is 0 Å². The predicted molar refractivity (Wildman–Crippen MR) is 64.2 cm³/mol. The van der Waals surface area contributed by atoms with Gasteiger partial charge in [-0.3, -0.25) is 10.1 Å². The molecule has 0 spiro atoms. The van der Waals surface area contributed by atoms with Crippen molar-refractivity contribution >= 4 is 11.4 Å². The van der Waals surface area contributed by atoms with Gasteiger partial charge in [0.25, 0.3) is 5.69 Å². The lowest BCUT2D eigenvalue weighted by atomic mass is 10.2. The molecule has 0 saturated heterocycles. The Morgan fingerprint density at radius 1 is 1.28 bits per heavy atom. The van der Waals surface area contributed by atoms with Crippen LogP contribution in [0.2, 0.25) is 0 Å². The van der Waals surface area contributed by atoms with E-state index in [1.165, 1.54) is 12.1 Å². The molecular weight excluding hydrogens is 244 g/mol. The van der Waals surface area contributed by atoms with Crippen LogP contribution in [0.4, 0.5) is 11.4 Å². The monoisotopic (exact) mass is 260 g/mol. The highest BCUT2D eigenvalue weighted by Gasteiger charge is 2.10. The van der Waals surface area contributed by atoms with Gasteiger partial charge < -0.3 is 25.8 Å². The number of phenolic OH excluding ortho intramolecular Hbond substituents is 1. The number of nitrogen functional groups attached to an aromatic ring is 1. The number of aromatic hydroxyl groups is 1. The lowest BCUT2D eigenvalue weighted by Gasteiger charge is -1.95. The fourth-order valence-corrected chi connectivity index (χ4v) is 0.921. The number of aliphatic hydroxyl groups excluding tert-OH is 2. The van der Waals surface area contributed by atoms with Gasteiger partial charge in [-0.05, 0) is 12.1 Å². The van der Waals surface area contributed by atoms with Gasteiger partial charge in [0.15, 0.2) is 0 Å². The van der Waals surface area contributed by atoms with Crippen molar-refractivity contribution in [3.05, 3.63) is 28.3 Å². The van der Waals surface area contributed by atoms with Crippen molar-refractivity contribution in [1.29, 1.82) is 0 Å². The molecule has 1 aromatic carbocycles. The highest BCUT2D eigenvalue weighted by molar-refractivity contribution is 5.60. The van der Waals surface area contributed by atoms with E-state index in [0.717, 1.165) is 6.07 Å². The molecule has 0 aliphatic rings. The second-order valence-electron chi connectivity index (χ2n) is 3.06. The number of nitrogens with two attached hydrogens (primary N) is 1. The third-order valence-electron chi connectivity index (χ3n) is 1.68. The van der Waals surface area contributed by atoms with Gasteiger partial charge >= 0.3 is 0 Å². The summed E-state index contributed by atoms with van der Waals surface area (Å²) in [5, 5.41) is 35.2. The quantitative estimate of drug-likeness (QED) is 0.190.